The zero-order valence-corrected chi connectivity index (χ0v) is 28.5. The largest absolute Gasteiger partial charge is 1.00 e. The Kier molecular flexibility index (Phi) is 13.7. The van der Waals surface area contributed by atoms with Crippen molar-refractivity contribution in [1.82, 2.24) is 0 Å². The van der Waals surface area contributed by atoms with Crippen LogP contribution in [0.5, 0.6) is 0 Å². The molecule has 1 aliphatic carbocycles. The molecule has 0 bridgehead atoms. The molecule has 6 rings (SSSR count). The first kappa shape index (κ1) is 38.3. The first-order valence-corrected chi connectivity index (χ1v) is 14.7. The number of alkyl halides is 6. The van der Waals surface area contributed by atoms with Crippen molar-refractivity contribution >= 4 is 24.8 Å². The van der Waals surface area contributed by atoms with Gasteiger partial charge >= 0.3 is 137 Å². The molecule has 0 heterocycles. The van der Waals surface area contributed by atoms with E-state index in [-0.39, 0.29) is 35.9 Å². The number of halogens is 8. The Bertz CT molecular complexity index is 1680. The molecule has 5 aromatic carbocycles. The number of hydrogen-bond donors (Lipinski definition) is 0. The van der Waals surface area contributed by atoms with Gasteiger partial charge in [-0.25, -0.2) is 11.1 Å². The van der Waals surface area contributed by atoms with Crippen molar-refractivity contribution in [2.24, 2.45) is 5.92 Å². The van der Waals surface area contributed by atoms with E-state index in [0.717, 1.165) is 48.5 Å². The summed E-state index contributed by atoms with van der Waals surface area (Å²) >= 11 is 0.729. The zero-order valence-electron chi connectivity index (χ0n) is 24.5. The predicted molar refractivity (Wildman–Crippen MR) is 158 cm³/mol. The molecule has 0 aromatic heterocycles. The van der Waals surface area contributed by atoms with Crippen molar-refractivity contribution in [2.75, 3.05) is 0 Å². The molecule has 5 aromatic rings. The van der Waals surface area contributed by atoms with Gasteiger partial charge in [0.15, 0.2) is 0 Å². The summed E-state index contributed by atoms with van der Waals surface area (Å²) in [7, 11) is 0. The molecule has 0 radical (unpaired) electrons. The molecule has 1 unspecified atom stereocenters. The number of fused-ring (bicyclic) bond motifs is 3. The third-order valence-corrected chi connectivity index (χ3v) is 8.43. The van der Waals surface area contributed by atoms with Gasteiger partial charge in [0, 0.05) is 0 Å². The first-order valence-electron chi connectivity index (χ1n) is 13.5. The minimum absolute atomic E-state index is 0. The molecule has 0 spiro atoms. The second-order valence-electron chi connectivity index (χ2n) is 10.3. The molecule has 234 valence electrons. The summed E-state index contributed by atoms with van der Waals surface area (Å²) in [5.74, 6) is 0.551. The van der Waals surface area contributed by atoms with Crippen LogP contribution in [-0.2, 0) is 36.6 Å². The van der Waals surface area contributed by atoms with Gasteiger partial charge < -0.3 is 24.8 Å². The van der Waals surface area contributed by atoms with Crippen LogP contribution in [0.2, 0.25) is 0 Å². The van der Waals surface area contributed by atoms with Crippen LogP contribution in [0.15, 0.2) is 120 Å². The van der Waals surface area contributed by atoms with Crippen LogP contribution in [0.1, 0.15) is 43.0 Å². The van der Waals surface area contributed by atoms with Gasteiger partial charge in [-0.1, -0.05) is 56.2 Å². The maximum absolute atomic E-state index is 12.7. The average molecular weight is 737 g/mol. The number of allylic oxidation sites excluding steroid dienone is 4. The van der Waals surface area contributed by atoms with Crippen molar-refractivity contribution < 1.29 is 75.4 Å². The predicted octanol–water partition coefficient (Wildman–Crippen LogP) is 4.89. The summed E-state index contributed by atoms with van der Waals surface area (Å²) in [6, 6.07) is 28.4. The normalized spacial score (nSPS) is 14.2. The monoisotopic (exact) mass is 734 g/mol. The quantitative estimate of drug-likeness (QED) is 0.179. The van der Waals surface area contributed by atoms with Crippen LogP contribution < -0.4 is 24.8 Å². The SMILES string of the molecule is CC1=[C-]C(C)C=C1C.FC(F)(F)c1cccc([C](=[Zr+2])c2cccc(C(F)(F)F)c2)c1.[Cl-].[Cl-].c1ccc2c(c1)[cH-]c1ccccc12. The molecule has 0 N–H and O–H groups in total. The summed E-state index contributed by atoms with van der Waals surface area (Å²) in [5.41, 5.74) is 1.60. The number of rotatable bonds is 2. The summed E-state index contributed by atoms with van der Waals surface area (Å²) < 4.78 is 76.7. The Labute approximate surface area is 286 Å². The van der Waals surface area contributed by atoms with E-state index >= 15 is 0 Å². The molecule has 0 fully saturated rings. The van der Waals surface area contributed by atoms with Crippen LogP contribution in [0.3, 0.4) is 0 Å². The van der Waals surface area contributed by atoms with E-state index in [9.17, 15) is 26.3 Å². The van der Waals surface area contributed by atoms with E-state index in [1.165, 1.54) is 57.0 Å². The fourth-order valence-electron chi connectivity index (χ4n) is 4.77. The summed E-state index contributed by atoms with van der Waals surface area (Å²) in [5, 5.41) is 5.39. The third kappa shape index (κ3) is 10.1. The van der Waals surface area contributed by atoms with E-state index < -0.39 is 23.5 Å². The maximum Gasteiger partial charge on any atom is -0.0771 e. The van der Waals surface area contributed by atoms with Crippen molar-refractivity contribution in [3.63, 3.8) is 0 Å². The minimum atomic E-state index is -4.49. The van der Waals surface area contributed by atoms with Crippen molar-refractivity contribution in [3.05, 3.63) is 149 Å². The molecule has 0 amide bonds. The van der Waals surface area contributed by atoms with E-state index in [4.69, 9.17) is 0 Å². The molecule has 1 atom stereocenters. The third-order valence-electron chi connectivity index (χ3n) is 7.02. The summed E-state index contributed by atoms with van der Waals surface area (Å²) in [6.45, 7) is 6.39. The van der Waals surface area contributed by atoms with Gasteiger partial charge in [0.2, 0.25) is 0 Å². The van der Waals surface area contributed by atoms with Gasteiger partial charge in [-0.2, -0.15) is 6.08 Å². The second-order valence-corrected chi connectivity index (χ2v) is 11.5. The summed E-state index contributed by atoms with van der Waals surface area (Å²) in [6.07, 6.45) is -3.45. The molecule has 45 heavy (non-hydrogen) atoms. The van der Waals surface area contributed by atoms with Crippen molar-refractivity contribution in [3.8, 4) is 0 Å². The van der Waals surface area contributed by atoms with Gasteiger partial charge in [0.05, 0.1) is 0 Å². The fraction of sp³-hybridized carbons (Fsp3) is 0.167. The van der Waals surface area contributed by atoms with E-state index in [1.54, 1.807) is 0 Å². The Morgan fingerprint density at radius 2 is 1.09 bits per heavy atom. The van der Waals surface area contributed by atoms with Gasteiger partial charge in [0.25, 0.3) is 0 Å². The van der Waals surface area contributed by atoms with Crippen molar-refractivity contribution in [2.45, 2.75) is 33.1 Å². The van der Waals surface area contributed by atoms with Gasteiger partial charge in [-0.3, -0.25) is 6.08 Å². The number of benzene rings is 4. The topological polar surface area (TPSA) is 0 Å². The molecule has 0 saturated carbocycles. The van der Waals surface area contributed by atoms with Crippen LogP contribution in [0.4, 0.5) is 26.3 Å². The summed E-state index contributed by atoms with van der Waals surface area (Å²) in [4.78, 5) is 0. The molecule has 0 saturated heterocycles. The van der Waals surface area contributed by atoms with Crippen LogP contribution in [0.25, 0.3) is 21.5 Å². The molecule has 0 nitrogen and oxygen atoms in total. The second kappa shape index (κ2) is 16.1. The van der Waals surface area contributed by atoms with E-state index in [2.05, 4.69) is 87.5 Å². The standard InChI is InChI=1S/C15H8F6.C13H9.C8H11.2ClH.Zr/c16-14(17,18)12-5-1-3-10(8-12)7-11-4-2-6-13(9-11)15(19,20)21;1-3-7-12-10(5-1)9-11-6-2-4-8-13(11)12;1-6-4-7(2)8(3)5-6;;;/h1-6,8-9H;1-9H;4,6H,1-3H3;2*1H;/q;2*-1;;;+2/p-2. The van der Waals surface area contributed by atoms with Gasteiger partial charge in [0.1, 0.15) is 0 Å². The van der Waals surface area contributed by atoms with Crippen LogP contribution >= 0.6 is 0 Å². The molecular weight excluding hydrogens is 709 g/mol. The Morgan fingerprint density at radius 1 is 0.667 bits per heavy atom. The minimum Gasteiger partial charge on any atom is -1.00 e. The van der Waals surface area contributed by atoms with Crippen LogP contribution in [-0.4, -0.2) is 3.21 Å². The van der Waals surface area contributed by atoms with Crippen LogP contribution in [0, 0.1) is 12.0 Å². The van der Waals surface area contributed by atoms with Crippen molar-refractivity contribution in [1.29, 1.82) is 0 Å². The Hall–Kier alpha value is -2.86. The Morgan fingerprint density at radius 3 is 1.42 bits per heavy atom. The van der Waals surface area contributed by atoms with Gasteiger partial charge in [-0.15, -0.1) is 46.7 Å². The number of hydrogen-bond acceptors (Lipinski definition) is 0. The smallest absolute Gasteiger partial charge is 0.0771 e. The first-order chi connectivity index (χ1) is 20.2. The molecular formula is C36H28Cl2F6Zr-2. The molecule has 1 aliphatic rings. The molecule has 0 aliphatic heterocycles. The van der Waals surface area contributed by atoms with E-state index in [1.807, 2.05) is 0 Å². The zero-order chi connectivity index (χ0) is 31.4. The van der Waals surface area contributed by atoms with E-state index in [0.29, 0.717) is 9.12 Å². The van der Waals surface area contributed by atoms with Gasteiger partial charge in [-0.05, 0) is 0 Å². The molecule has 9 heteroatoms. The average Bonchev–Trinajstić information content (AvgIpc) is 3.49. The fourth-order valence-corrected chi connectivity index (χ4v) is 5.53. The maximum atomic E-state index is 12.7. The Balaban J connectivity index is 0.000000258.